The zero-order valence-electron chi connectivity index (χ0n) is 14.9. The van der Waals surface area contributed by atoms with Gasteiger partial charge in [-0.3, -0.25) is 9.69 Å². The number of anilines is 1. The van der Waals surface area contributed by atoms with E-state index in [2.05, 4.69) is 10.2 Å². The molecule has 0 bridgehead atoms. The predicted molar refractivity (Wildman–Crippen MR) is 105 cm³/mol. The highest BCUT2D eigenvalue weighted by Gasteiger charge is 2.34. The van der Waals surface area contributed by atoms with Crippen LogP contribution < -0.4 is 5.32 Å². The van der Waals surface area contributed by atoms with Gasteiger partial charge in [0.2, 0.25) is 5.91 Å². The van der Waals surface area contributed by atoms with Crippen LogP contribution in [0.15, 0.2) is 42.5 Å². The van der Waals surface area contributed by atoms with Gasteiger partial charge in [-0.2, -0.15) is 13.2 Å². The largest absolute Gasteiger partial charge is 0.417 e. The SMILES string of the molecule is O=C(Nc1ccc(Cl)c(C(F)(F)F)c1)[C@@H]1CCCN(Cc2ccccc2Cl)C1. The molecular weight excluding hydrogens is 412 g/mol. The third-order valence-electron chi connectivity index (χ3n) is 4.77. The van der Waals surface area contributed by atoms with Gasteiger partial charge in [-0.25, -0.2) is 0 Å². The summed E-state index contributed by atoms with van der Waals surface area (Å²) in [4.78, 5) is 14.7. The van der Waals surface area contributed by atoms with Crippen molar-refractivity contribution >= 4 is 34.8 Å². The maximum atomic E-state index is 13.0. The second-order valence-electron chi connectivity index (χ2n) is 6.85. The van der Waals surface area contributed by atoms with Gasteiger partial charge in [0.1, 0.15) is 0 Å². The Morgan fingerprint density at radius 2 is 1.89 bits per heavy atom. The van der Waals surface area contributed by atoms with E-state index in [1.807, 2.05) is 24.3 Å². The molecule has 1 fully saturated rings. The zero-order valence-corrected chi connectivity index (χ0v) is 16.4. The van der Waals surface area contributed by atoms with Crippen molar-refractivity contribution in [2.45, 2.75) is 25.6 Å². The lowest BCUT2D eigenvalue weighted by Gasteiger charge is -2.32. The Bertz CT molecular complexity index is 858. The number of nitrogens with zero attached hydrogens (tertiary/aromatic N) is 1. The number of rotatable bonds is 4. The molecule has 1 amide bonds. The van der Waals surface area contributed by atoms with Crippen molar-refractivity contribution < 1.29 is 18.0 Å². The van der Waals surface area contributed by atoms with E-state index in [1.165, 1.54) is 6.07 Å². The Kier molecular flexibility index (Phi) is 6.53. The van der Waals surface area contributed by atoms with E-state index < -0.39 is 16.8 Å². The monoisotopic (exact) mass is 430 g/mol. The molecule has 0 unspecified atom stereocenters. The first-order valence-corrected chi connectivity index (χ1v) is 9.63. The maximum absolute atomic E-state index is 13.0. The highest BCUT2D eigenvalue weighted by Crippen LogP contribution is 2.36. The van der Waals surface area contributed by atoms with Crippen LogP contribution in [0, 0.1) is 5.92 Å². The van der Waals surface area contributed by atoms with Gasteiger partial charge in [-0.1, -0.05) is 41.4 Å². The molecule has 8 heteroatoms. The smallest absolute Gasteiger partial charge is 0.326 e. The van der Waals surface area contributed by atoms with Crippen molar-refractivity contribution in [1.82, 2.24) is 4.90 Å². The fourth-order valence-electron chi connectivity index (χ4n) is 3.35. The fourth-order valence-corrected chi connectivity index (χ4v) is 3.77. The Labute approximate surface area is 171 Å². The number of halogens is 5. The lowest BCUT2D eigenvalue weighted by molar-refractivity contribution is -0.137. The van der Waals surface area contributed by atoms with E-state index in [-0.39, 0.29) is 17.5 Å². The Balaban J connectivity index is 1.65. The molecule has 3 nitrogen and oxygen atoms in total. The van der Waals surface area contributed by atoms with Gasteiger partial charge in [-0.05, 0) is 49.2 Å². The molecule has 1 saturated heterocycles. The summed E-state index contributed by atoms with van der Waals surface area (Å²) in [6.45, 7) is 1.99. The number of carbonyl (C=O) groups is 1. The average molecular weight is 431 g/mol. The Hall–Kier alpha value is -1.76. The van der Waals surface area contributed by atoms with Gasteiger partial charge >= 0.3 is 6.18 Å². The Morgan fingerprint density at radius 1 is 1.14 bits per heavy atom. The van der Waals surface area contributed by atoms with Crippen LogP contribution in [0.25, 0.3) is 0 Å². The van der Waals surface area contributed by atoms with Crippen molar-refractivity contribution in [2.24, 2.45) is 5.92 Å². The number of hydrogen-bond donors (Lipinski definition) is 1. The first-order chi connectivity index (χ1) is 13.2. The molecule has 2 aromatic rings. The summed E-state index contributed by atoms with van der Waals surface area (Å²) in [5.41, 5.74) is 0.110. The van der Waals surface area contributed by atoms with E-state index in [0.717, 1.165) is 30.7 Å². The second-order valence-corrected chi connectivity index (χ2v) is 7.66. The maximum Gasteiger partial charge on any atom is 0.417 e. The van der Waals surface area contributed by atoms with E-state index in [1.54, 1.807) is 0 Å². The first-order valence-electron chi connectivity index (χ1n) is 8.87. The van der Waals surface area contributed by atoms with E-state index >= 15 is 0 Å². The summed E-state index contributed by atoms with van der Waals surface area (Å²) in [6, 6.07) is 10.9. The fraction of sp³-hybridized carbons (Fsp3) is 0.350. The van der Waals surface area contributed by atoms with Gasteiger partial charge in [0.15, 0.2) is 0 Å². The van der Waals surface area contributed by atoms with E-state index in [9.17, 15) is 18.0 Å². The van der Waals surface area contributed by atoms with Crippen LogP contribution >= 0.6 is 23.2 Å². The van der Waals surface area contributed by atoms with Crippen LogP contribution in [-0.2, 0) is 17.5 Å². The summed E-state index contributed by atoms with van der Waals surface area (Å²) in [5, 5.41) is 2.88. The van der Waals surface area contributed by atoms with Gasteiger partial charge < -0.3 is 5.32 Å². The van der Waals surface area contributed by atoms with Gasteiger partial charge in [0.25, 0.3) is 0 Å². The molecule has 0 spiro atoms. The third kappa shape index (κ3) is 5.19. The highest BCUT2D eigenvalue weighted by atomic mass is 35.5. The number of alkyl halides is 3. The normalized spacial score (nSPS) is 18.1. The number of benzene rings is 2. The minimum Gasteiger partial charge on any atom is -0.326 e. The van der Waals surface area contributed by atoms with E-state index in [0.29, 0.717) is 24.5 Å². The molecule has 150 valence electrons. The minimum atomic E-state index is -4.57. The molecule has 28 heavy (non-hydrogen) atoms. The van der Waals surface area contributed by atoms with Crippen molar-refractivity contribution in [3.63, 3.8) is 0 Å². The molecule has 1 aliphatic rings. The quantitative estimate of drug-likeness (QED) is 0.658. The first kappa shape index (κ1) is 21.0. The van der Waals surface area contributed by atoms with Crippen molar-refractivity contribution in [3.8, 4) is 0 Å². The molecule has 2 aromatic carbocycles. The molecule has 1 N–H and O–H groups in total. The van der Waals surface area contributed by atoms with Gasteiger partial charge in [0, 0.05) is 23.8 Å². The van der Waals surface area contributed by atoms with E-state index in [4.69, 9.17) is 23.2 Å². The molecule has 0 aliphatic carbocycles. The number of carbonyl (C=O) groups excluding carboxylic acids is 1. The number of likely N-dealkylation sites (tertiary alicyclic amines) is 1. The molecule has 0 aromatic heterocycles. The zero-order chi connectivity index (χ0) is 20.3. The molecule has 1 heterocycles. The second kappa shape index (κ2) is 8.72. The molecule has 1 aliphatic heterocycles. The van der Waals surface area contributed by atoms with Crippen molar-refractivity contribution in [3.05, 3.63) is 63.6 Å². The molecule has 3 rings (SSSR count). The summed E-state index contributed by atoms with van der Waals surface area (Å²) >= 11 is 11.8. The van der Waals surface area contributed by atoms with Gasteiger partial charge in [0.05, 0.1) is 16.5 Å². The summed E-state index contributed by atoms with van der Waals surface area (Å²) in [5.74, 6) is -0.597. The van der Waals surface area contributed by atoms with Crippen LogP contribution in [0.1, 0.15) is 24.0 Å². The molecular formula is C20H19Cl2F3N2O. The third-order valence-corrected chi connectivity index (χ3v) is 5.47. The van der Waals surface area contributed by atoms with Crippen LogP contribution in [-0.4, -0.2) is 23.9 Å². The van der Waals surface area contributed by atoms with Crippen LogP contribution in [0.4, 0.5) is 18.9 Å². The minimum absolute atomic E-state index is 0.0879. The van der Waals surface area contributed by atoms with Crippen LogP contribution in [0.3, 0.4) is 0 Å². The standard InChI is InChI=1S/C20H19Cl2F3N2O/c21-17-6-2-1-4-13(17)11-27-9-3-5-14(12-27)19(28)26-15-7-8-18(22)16(10-15)20(23,24)25/h1-2,4,6-8,10,14H,3,5,9,11-12H2,(H,26,28)/t14-/m1/s1. The summed E-state index contributed by atoms with van der Waals surface area (Å²) in [6.07, 6.45) is -3.06. The molecule has 0 radical (unpaired) electrons. The predicted octanol–water partition coefficient (Wildman–Crippen LogP) is 5.86. The van der Waals surface area contributed by atoms with Crippen molar-refractivity contribution in [2.75, 3.05) is 18.4 Å². The van der Waals surface area contributed by atoms with Gasteiger partial charge in [-0.15, -0.1) is 0 Å². The number of nitrogens with one attached hydrogen (secondary N) is 1. The number of piperidine rings is 1. The summed E-state index contributed by atoms with van der Waals surface area (Å²) < 4.78 is 39.0. The lowest BCUT2D eigenvalue weighted by atomic mass is 9.96. The summed E-state index contributed by atoms with van der Waals surface area (Å²) in [7, 11) is 0. The van der Waals surface area contributed by atoms with Crippen molar-refractivity contribution in [1.29, 1.82) is 0 Å². The molecule has 0 saturated carbocycles. The number of hydrogen-bond acceptors (Lipinski definition) is 2. The lowest BCUT2D eigenvalue weighted by Crippen LogP contribution is -2.40. The number of amides is 1. The topological polar surface area (TPSA) is 32.3 Å². The molecule has 1 atom stereocenters. The average Bonchev–Trinajstić information content (AvgIpc) is 2.64. The highest BCUT2D eigenvalue weighted by molar-refractivity contribution is 6.31. The van der Waals surface area contributed by atoms with Crippen LogP contribution in [0.5, 0.6) is 0 Å². The Morgan fingerprint density at radius 3 is 2.61 bits per heavy atom. The van der Waals surface area contributed by atoms with Crippen LogP contribution in [0.2, 0.25) is 10.0 Å².